The van der Waals surface area contributed by atoms with E-state index in [1.165, 1.54) is 0 Å². The fourth-order valence-electron chi connectivity index (χ4n) is 5.29. The zero-order valence-electron chi connectivity index (χ0n) is 22.1. The largest absolute Gasteiger partial charge is 0.494 e. The van der Waals surface area contributed by atoms with Gasteiger partial charge in [0.05, 0.1) is 30.9 Å². The molecule has 0 N–H and O–H groups in total. The van der Waals surface area contributed by atoms with E-state index in [1.54, 1.807) is 18.4 Å². The molecule has 7 nitrogen and oxygen atoms in total. The number of thiazole rings is 1. The van der Waals surface area contributed by atoms with Gasteiger partial charge in [-0.05, 0) is 37.1 Å². The van der Waals surface area contributed by atoms with Crippen molar-refractivity contribution in [2.75, 3.05) is 51.4 Å². The van der Waals surface area contributed by atoms with E-state index in [0.717, 1.165) is 83.4 Å². The van der Waals surface area contributed by atoms with Gasteiger partial charge in [0.25, 0.3) is 0 Å². The van der Waals surface area contributed by atoms with E-state index in [1.807, 2.05) is 65.6 Å². The van der Waals surface area contributed by atoms with Crippen molar-refractivity contribution in [3.8, 4) is 17.2 Å². The summed E-state index contributed by atoms with van der Waals surface area (Å²) in [5.41, 5.74) is 3.67. The van der Waals surface area contributed by atoms with E-state index in [0.29, 0.717) is 11.7 Å². The Labute approximate surface area is 238 Å². The number of ether oxygens (including phenoxy) is 3. The van der Waals surface area contributed by atoms with E-state index >= 15 is 0 Å². The van der Waals surface area contributed by atoms with Gasteiger partial charge in [-0.1, -0.05) is 53.8 Å². The summed E-state index contributed by atoms with van der Waals surface area (Å²) in [4.78, 5) is 23.8. The highest BCUT2D eigenvalue weighted by molar-refractivity contribution is 7.22. The lowest BCUT2D eigenvalue weighted by Crippen LogP contribution is -2.40. The van der Waals surface area contributed by atoms with Crippen LogP contribution in [0.1, 0.15) is 29.0 Å². The van der Waals surface area contributed by atoms with Crippen molar-refractivity contribution in [3.05, 3.63) is 77.4 Å². The minimum atomic E-state index is -0.477. The van der Waals surface area contributed by atoms with Gasteiger partial charge in [0, 0.05) is 37.3 Å². The van der Waals surface area contributed by atoms with Crippen molar-refractivity contribution >= 4 is 45.0 Å². The molecular weight excluding hydrogens is 534 g/mol. The first kappa shape index (κ1) is 27.4. The molecule has 3 heterocycles. The highest BCUT2D eigenvalue weighted by Gasteiger charge is 2.36. The van der Waals surface area contributed by atoms with Crippen LogP contribution in [0.4, 0.5) is 5.13 Å². The number of amides is 1. The average molecular weight is 566 g/mol. The lowest BCUT2D eigenvalue weighted by molar-refractivity contribution is -0.119. The van der Waals surface area contributed by atoms with Gasteiger partial charge >= 0.3 is 0 Å². The molecule has 0 bridgehead atoms. The van der Waals surface area contributed by atoms with Crippen LogP contribution >= 0.6 is 23.7 Å². The highest BCUT2D eigenvalue weighted by Crippen LogP contribution is 2.46. The Kier molecular flexibility index (Phi) is 8.37. The van der Waals surface area contributed by atoms with Crippen LogP contribution in [0, 0.1) is 6.92 Å². The van der Waals surface area contributed by atoms with Crippen LogP contribution in [0.5, 0.6) is 17.2 Å². The fourth-order valence-corrected chi connectivity index (χ4v) is 6.37. The molecule has 0 unspecified atom stereocenters. The molecule has 1 fully saturated rings. The molecule has 1 amide bonds. The normalized spacial score (nSPS) is 15.1. The van der Waals surface area contributed by atoms with Gasteiger partial charge < -0.3 is 14.2 Å². The lowest BCUT2D eigenvalue weighted by Gasteiger charge is -2.32. The molecule has 0 atom stereocenters. The van der Waals surface area contributed by atoms with Gasteiger partial charge in [0.2, 0.25) is 5.91 Å². The van der Waals surface area contributed by atoms with E-state index in [-0.39, 0.29) is 18.3 Å². The number of rotatable bonds is 7. The van der Waals surface area contributed by atoms with Crippen LogP contribution < -0.4 is 14.4 Å². The molecule has 0 saturated carbocycles. The number of carbonyl (C=O) groups is 1. The van der Waals surface area contributed by atoms with Crippen LogP contribution in [0.3, 0.4) is 0 Å². The smallest absolute Gasteiger partial charge is 0.241 e. The monoisotopic (exact) mass is 565 g/mol. The Morgan fingerprint density at radius 1 is 1.05 bits per heavy atom. The van der Waals surface area contributed by atoms with Crippen LogP contribution in [0.15, 0.2) is 60.7 Å². The number of anilines is 1. The molecule has 3 aromatic carbocycles. The zero-order valence-corrected chi connectivity index (χ0v) is 23.7. The van der Waals surface area contributed by atoms with E-state index in [9.17, 15) is 4.79 Å². The number of hydrogen-bond donors (Lipinski definition) is 0. The zero-order chi connectivity index (χ0) is 26.1. The van der Waals surface area contributed by atoms with E-state index < -0.39 is 5.92 Å². The number of methoxy groups -OCH3 is 1. The maximum Gasteiger partial charge on any atom is 0.241 e. The van der Waals surface area contributed by atoms with Gasteiger partial charge in [-0.2, -0.15) is 0 Å². The number of halogens is 1. The Morgan fingerprint density at radius 2 is 1.72 bits per heavy atom. The number of carbonyl (C=O) groups excluding carboxylic acids is 1. The predicted molar refractivity (Wildman–Crippen MR) is 157 cm³/mol. The second kappa shape index (κ2) is 11.9. The molecule has 2 aliphatic rings. The lowest BCUT2D eigenvalue weighted by atomic mass is 9.87. The summed E-state index contributed by atoms with van der Waals surface area (Å²) in [5, 5.41) is 0.695. The van der Waals surface area contributed by atoms with Crippen molar-refractivity contribution in [2.45, 2.75) is 19.3 Å². The molecule has 4 aromatic rings. The SMILES string of the molecule is COc1ccc(C)c2sc(N(CCCN3CCOCC3)C(=O)C3c4ccccc4Oc4ccccc43)nc12.Cl. The second-order valence-corrected chi connectivity index (χ2v) is 10.6. The molecule has 204 valence electrons. The van der Waals surface area contributed by atoms with Gasteiger partial charge in [0.1, 0.15) is 22.8 Å². The number of nitrogens with zero attached hydrogens (tertiary/aromatic N) is 3. The Balaban J connectivity index is 0.00000308. The van der Waals surface area contributed by atoms with Gasteiger partial charge in [-0.3, -0.25) is 14.6 Å². The quantitative estimate of drug-likeness (QED) is 0.273. The molecule has 9 heteroatoms. The summed E-state index contributed by atoms with van der Waals surface area (Å²) in [5.74, 6) is 1.69. The Hall–Kier alpha value is -3.17. The molecule has 1 aromatic heterocycles. The van der Waals surface area contributed by atoms with Gasteiger partial charge in [-0.15, -0.1) is 12.4 Å². The first-order chi connectivity index (χ1) is 18.6. The minimum absolute atomic E-state index is 0. The molecule has 39 heavy (non-hydrogen) atoms. The number of aryl methyl sites for hydroxylation is 1. The summed E-state index contributed by atoms with van der Waals surface area (Å²) >= 11 is 1.55. The average Bonchev–Trinajstić information content (AvgIpc) is 3.40. The Morgan fingerprint density at radius 3 is 2.38 bits per heavy atom. The van der Waals surface area contributed by atoms with Crippen molar-refractivity contribution < 1.29 is 19.0 Å². The molecule has 2 aliphatic heterocycles. The second-order valence-electron chi connectivity index (χ2n) is 9.67. The summed E-state index contributed by atoms with van der Waals surface area (Å²) in [6, 6.07) is 19.6. The van der Waals surface area contributed by atoms with Crippen LogP contribution in [0.2, 0.25) is 0 Å². The van der Waals surface area contributed by atoms with Crippen molar-refractivity contribution in [2.24, 2.45) is 0 Å². The third kappa shape index (κ3) is 5.34. The van der Waals surface area contributed by atoms with Gasteiger partial charge in [0.15, 0.2) is 5.13 Å². The molecule has 6 rings (SSSR count). The summed E-state index contributed by atoms with van der Waals surface area (Å²) in [6.07, 6.45) is 0.838. The van der Waals surface area contributed by atoms with Crippen molar-refractivity contribution in [1.29, 1.82) is 0 Å². The first-order valence-electron chi connectivity index (χ1n) is 13.1. The number of fused-ring (bicyclic) bond motifs is 3. The number of para-hydroxylation sites is 2. The minimum Gasteiger partial charge on any atom is -0.494 e. The molecular formula is C30H32ClN3O4S. The number of benzene rings is 3. The van der Waals surface area contributed by atoms with Crippen LogP contribution in [-0.2, 0) is 9.53 Å². The summed E-state index contributed by atoms with van der Waals surface area (Å²) < 4.78 is 18.3. The maximum absolute atomic E-state index is 14.6. The number of morpholine rings is 1. The van der Waals surface area contributed by atoms with Crippen LogP contribution in [0.25, 0.3) is 10.2 Å². The first-order valence-corrected chi connectivity index (χ1v) is 13.9. The standard InChI is InChI=1S/C30H31N3O4S.ClH/c1-20-12-13-25(35-2)27-28(20)38-30(31-27)33(15-7-14-32-16-18-36-19-17-32)29(34)26-21-8-3-5-10-23(21)37-24-11-6-4-9-22(24)26;/h3-6,8-13,26H,7,14-19H2,1-2H3;1H. The fraction of sp³-hybridized carbons (Fsp3) is 0.333. The predicted octanol–water partition coefficient (Wildman–Crippen LogP) is 6.03. The van der Waals surface area contributed by atoms with Crippen molar-refractivity contribution in [3.63, 3.8) is 0 Å². The van der Waals surface area contributed by atoms with E-state index in [2.05, 4.69) is 11.8 Å². The maximum atomic E-state index is 14.6. The van der Waals surface area contributed by atoms with Gasteiger partial charge in [-0.25, -0.2) is 4.98 Å². The molecule has 0 spiro atoms. The third-order valence-corrected chi connectivity index (χ3v) is 8.51. The molecule has 0 radical (unpaired) electrons. The third-order valence-electron chi connectivity index (χ3n) is 7.30. The number of aromatic nitrogens is 1. The van der Waals surface area contributed by atoms with Crippen molar-refractivity contribution in [1.82, 2.24) is 9.88 Å². The highest BCUT2D eigenvalue weighted by atomic mass is 35.5. The summed E-state index contributed by atoms with van der Waals surface area (Å²) in [7, 11) is 1.66. The molecule has 1 saturated heterocycles. The van der Waals surface area contributed by atoms with Crippen LogP contribution in [-0.4, -0.2) is 62.3 Å². The number of hydrogen-bond acceptors (Lipinski definition) is 7. The molecule has 0 aliphatic carbocycles. The Bertz CT molecular complexity index is 1420. The summed E-state index contributed by atoms with van der Waals surface area (Å²) in [6.45, 7) is 6.91. The topological polar surface area (TPSA) is 64.1 Å². The van der Waals surface area contributed by atoms with E-state index in [4.69, 9.17) is 19.2 Å².